The molecule has 0 aromatic heterocycles. The Balaban J connectivity index is 2.53. The van der Waals surface area contributed by atoms with Crippen LogP contribution < -0.4 is 0 Å². The second-order valence-electron chi connectivity index (χ2n) is 6.32. The maximum atomic E-state index is 9.61. The summed E-state index contributed by atoms with van der Waals surface area (Å²) in [5, 5.41) is 9.89. The second-order valence-corrected chi connectivity index (χ2v) is 11.1. The summed E-state index contributed by atoms with van der Waals surface area (Å²) in [5.74, 6) is 0. The van der Waals surface area contributed by atoms with Crippen LogP contribution in [0, 0.1) is 0 Å². The Bertz CT molecular complexity index is 208. The summed E-state index contributed by atoms with van der Waals surface area (Å²) >= 11 is 0. The van der Waals surface area contributed by atoms with Gasteiger partial charge in [-0.2, -0.15) is 0 Å². The second kappa shape index (κ2) is 4.56. The zero-order valence-electron chi connectivity index (χ0n) is 10.8. The molecule has 1 aliphatic carbocycles. The van der Waals surface area contributed by atoms with E-state index in [1.54, 1.807) is 0 Å². The molecule has 2 atom stereocenters. The average molecular weight is 230 g/mol. The van der Waals surface area contributed by atoms with Crippen LogP contribution in [0.3, 0.4) is 0 Å². The van der Waals surface area contributed by atoms with E-state index in [-0.39, 0.29) is 11.1 Å². The molecule has 2 nitrogen and oxygen atoms in total. The van der Waals surface area contributed by atoms with Gasteiger partial charge in [-0.15, -0.1) is 0 Å². The standard InChI is InChI=1S/C12H26O2Si/c1-12(2,3)15(4,5)14-11-8-6-7-10(13)9-11/h10-11,13H,6-9H2,1-5H3/t10-,11+/m1/s1. The van der Waals surface area contributed by atoms with Crippen molar-refractivity contribution in [2.24, 2.45) is 0 Å². The minimum atomic E-state index is -1.63. The summed E-state index contributed by atoms with van der Waals surface area (Å²) in [4.78, 5) is 0. The van der Waals surface area contributed by atoms with Gasteiger partial charge in [0.1, 0.15) is 0 Å². The molecular formula is C12H26O2Si. The first-order chi connectivity index (χ1) is 6.72. The van der Waals surface area contributed by atoms with Crippen molar-refractivity contribution in [3.63, 3.8) is 0 Å². The minimum Gasteiger partial charge on any atom is -0.414 e. The van der Waals surface area contributed by atoms with Gasteiger partial charge in [0.25, 0.3) is 0 Å². The lowest BCUT2D eigenvalue weighted by Crippen LogP contribution is -2.45. The largest absolute Gasteiger partial charge is 0.414 e. The Morgan fingerprint density at radius 1 is 1.20 bits per heavy atom. The van der Waals surface area contributed by atoms with Crippen molar-refractivity contribution >= 4 is 8.32 Å². The molecule has 0 unspecified atom stereocenters. The van der Waals surface area contributed by atoms with Crippen LogP contribution in [-0.4, -0.2) is 25.6 Å². The number of hydrogen-bond donors (Lipinski definition) is 1. The van der Waals surface area contributed by atoms with Crippen LogP contribution in [0.1, 0.15) is 46.5 Å². The SMILES string of the molecule is CC(C)(C)[Si](C)(C)O[C@H]1CCC[C@@H](O)C1. The molecule has 0 aliphatic heterocycles. The van der Waals surface area contributed by atoms with Gasteiger partial charge in [-0.1, -0.05) is 20.8 Å². The third kappa shape index (κ3) is 3.57. The van der Waals surface area contributed by atoms with E-state index in [1.165, 1.54) is 0 Å². The van der Waals surface area contributed by atoms with Crippen molar-refractivity contribution in [3.8, 4) is 0 Å². The minimum absolute atomic E-state index is 0.131. The zero-order valence-corrected chi connectivity index (χ0v) is 11.8. The fourth-order valence-corrected chi connectivity index (χ4v) is 3.22. The van der Waals surface area contributed by atoms with E-state index >= 15 is 0 Å². The van der Waals surface area contributed by atoms with Crippen molar-refractivity contribution in [2.75, 3.05) is 0 Å². The van der Waals surface area contributed by atoms with Crippen molar-refractivity contribution in [2.45, 2.75) is 76.8 Å². The fourth-order valence-electron chi connectivity index (χ4n) is 1.82. The van der Waals surface area contributed by atoms with Crippen LogP contribution in [0.25, 0.3) is 0 Å². The van der Waals surface area contributed by atoms with Gasteiger partial charge in [-0.05, 0) is 43.8 Å². The van der Waals surface area contributed by atoms with Crippen molar-refractivity contribution < 1.29 is 9.53 Å². The predicted octanol–water partition coefficient (Wildman–Crippen LogP) is 3.31. The Morgan fingerprint density at radius 3 is 2.27 bits per heavy atom. The highest BCUT2D eigenvalue weighted by atomic mass is 28.4. The van der Waals surface area contributed by atoms with Gasteiger partial charge >= 0.3 is 0 Å². The molecule has 1 aliphatic rings. The quantitative estimate of drug-likeness (QED) is 0.738. The van der Waals surface area contributed by atoms with E-state index < -0.39 is 8.32 Å². The van der Waals surface area contributed by atoms with E-state index in [4.69, 9.17) is 4.43 Å². The maximum Gasteiger partial charge on any atom is 0.192 e. The number of hydrogen-bond acceptors (Lipinski definition) is 2. The predicted molar refractivity (Wildman–Crippen MR) is 66.5 cm³/mol. The van der Waals surface area contributed by atoms with E-state index in [9.17, 15) is 5.11 Å². The third-order valence-electron chi connectivity index (χ3n) is 3.87. The van der Waals surface area contributed by atoms with Gasteiger partial charge in [0.05, 0.1) is 6.10 Å². The first kappa shape index (κ1) is 13.2. The van der Waals surface area contributed by atoms with Crippen molar-refractivity contribution in [3.05, 3.63) is 0 Å². The molecule has 0 radical (unpaired) electrons. The van der Waals surface area contributed by atoms with Gasteiger partial charge in [-0.3, -0.25) is 0 Å². The van der Waals surface area contributed by atoms with E-state index in [2.05, 4.69) is 33.9 Å². The molecular weight excluding hydrogens is 204 g/mol. The molecule has 0 amide bonds. The van der Waals surface area contributed by atoms with E-state index in [0.29, 0.717) is 6.10 Å². The molecule has 1 N–H and O–H groups in total. The molecule has 0 aromatic carbocycles. The summed E-state index contributed by atoms with van der Waals surface area (Å²) in [6.45, 7) is 11.4. The molecule has 0 heterocycles. The van der Waals surface area contributed by atoms with E-state index in [0.717, 1.165) is 25.7 Å². The Kier molecular flexibility index (Phi) is 4.01. The molecule has 1 rings (SSSR count). The molecule has 3 heteroatoms. The fraction of sp³-hybridized carbons (Fsp3) is 1.00. The summed E-state index contributed by atoms with van der Waals surface area (Å²) in [6.07, 6.45) is 4.21. The maximum absolute atomic E-state index is 9.61. The van der Waals surface area contributed by atoms with Gasteiger partial charge in [-0.25, -0.2) is 0 Å². The molecule has 90 valence electrons. The number of aliphatic hydroxyl groups excluding tert-OH is 1. The van der Waals surface area contributed by atoms with Crippen LogP contribution >= 0.6 is 0 Å². The smallest absolute Gasteiger partial charge is 0.192 e. The van der Waals surface area contributed by atoms with Crippen LogP contribution in [0.15, 0.2) is 0 Å². The molecule has 0 spiro atoms. The van der Waals surface area contributed by atoms with Crippen LogP contribution in [0.4, 0.5) is 0 Å². The summed E-state index contributed by atoms with van der Waals surface area (Å²) in [6, 6.07) is 0. The first-order valence-electron chi connectivity index (χ1n) is 6.08. The van der Waals surface area contributed by atoms with Gasteiger partial charge < -0.3 is 9.53 Å². The monoisotopic (exact) mass is 230 g/mol. The van der Waals surface area contributed by atoms with Crippen LogP contribution in [0.5, 0.6) is 0 Å². The number of aliphatic hydroxyl groups is 1. The van der Waals surface area contributed by atoms with Gasteiger partial charge in [0, 0.05) is 6.10 Å². The van der Waals surface area contributed by atoms with Crippen molar-refractivity contribution in [1.29, 1.82) is 0 Å². The highest BCUT2D eigenvalue weighted by Gasteiger charge is 2.39. The molecule has 1 saturated carbocycles. The summed E-state index contributed by atoms with van der Waals surface area (Å²) in [5.41, 5.74) is 0. The highest BCUT2D eigenvalue weighted by Crippen LogP contribution is 2.39. The van der Waals surface area contributed by atoms with Gasteiger partial charge in [0.15, 0.2) is 8.32 Å². The summed E-state index contributed by atoms with van der Waals surface area (Å²) in [7, 11) is -1.63. The van der Waals surface area contributed by atoms with Crippen LogP contribution in [0.2, 0.25) is 18.1 Å². The average Bonchev–Trinajstić information content (AvgIpc) is 2.00. The highest BCUT2D eigenvalue weighted by molar-refractivity contribution is 6.74. The molecule has 0 bridgehead atoms. The lowest BCUT2D eigenvalue weighted by molar-refractivity contribution is 0.0465. The lowest BCUT2D eigenvalue weighted by Gasteiger charge is -2.41. The third-order valence-corrected chi connectivity index (χ3v) is 8.40. The Morgan fingerprint density at radius 2 is 1.80 bits per heavy atom. The normalized spacial score (nSPS) is 29.2. The van der Waals surface area contributed by atoms with E-state index in [1.807, 2.05) is 0 Å². The zero-order chi connectivity index (χ0) is 11.7. The topological polar surface area (TPSA) is 29.5 Å². The number of rotatable bonds is 2. The van der Waals surface area contributed by atoms with Gasteiger partial charge in [0.2, 0.25) is 0 Å². The molecule has 15 heavy (non-hydrogen) atoms. The molecule has 0 saturated heterocycles. The molecule has 1 fully saturated rings. The van der Waals surface area contributed by atoms with Crippen LogP contribution in [-0.2, 0) is 4.43 Å². The summed E-state index contributed by atoms with van der Waals surface area (Å²) < 4.78 is 6.29. The lowest BCUT2D eigenvalue weighted by atomic mass is 9.95. The van der Waals surface area contributed by atoms with Crippen molar-refractivity contribution in [1.82, 2.24) is 0 Å². The Labute approximate surface area is 95.2 Å². The first-order valence-corrected chi connectivity index (χ1v) is 8.99. The molecule has 0 aromatic rings. The Hall–Kier alpha value is 0.137.